The number of halogens is 1. The Bertz CT molecular complexity index is 1210. The molecule has 0 spiro atoms. The predicted molar refractivity (Wildman–Crippen MR) is 101 cm³/mol. The zero-order valence-corrected chi connectivity index (χ0v) is 14.6. The van der Waals surface area contributed by atoms with E-state index in [9.17, 15) is 9.59 Å². The Morgan fingerprint density at radius 3 is 2.88 bits per heavy atom. The van der Waals surface area contributed by atoms with Crippen molar-refractivity contribution in [1.82, 2.24) is 9.55 Å². The van der Waals surface area contributed by atoms with Crippen molar-refractivity contribution in [2.75, 3.05) is 5.32 Å². The van der Waals surface area contributed by atoms with Crippen LogP contribution in [0.15, 0.2) is 58.0 Å². The van der Waals surface area contributed by atoms with Crippen LogP contribution in [0.5, 0.6) is 0 Å². The second-order valence-electron chi connectivity index (χ2n) is 5.91. The second-order valence-corrected chi connectivity index (χ2v) is 6.32. The number of fused-ring (bicyclic) bond motifs is 3. The molecule has 0 radical (unpaired) electrons. The average Bonchev–Trinajstić information content (AvgIpc) is 3.01. The Labute approximate surface area is 153 Å². The van der Waals surface area contributed by atoms with Gasteiger partial charge in [0.1, 0.15) is 17.6 Å². The molecule has 0 saturated heterocycles. The first-order valence-corrected chi connectivity index (χ1v) is 8.34. The largest absolute Gasteiger partial charge is 0.448 e. The summed E-state index contributed by atoms with van der Waals surface area (Å²) in [5, 5.41) is 4.09. The Morgan fingerprint density at radius 1 is 1.23 bits per heavy atom. The lowest BCUT2D eigenvalue weighted by atomic mass is 10.2. The number of para-hydroxylation sites is 1. The Balaban J connectivity index is 1.66. The van der Waals surface area contributed by atoms with Crippen molar-refractivity contribution >= 4 is 45.3 Å². The molecule has 1 N–H and O–H groups in total. The molecule has 0 fully saturated rings. The minimum atomic E-state index is -0.399. The molecule has 0 aliphatic carbocycles. The Hall–Kier alpha value is -3.12. The van der Waals surface area contributed by atoms with Crippen molar-refractivity contribution in [2.45, 2.75) is 13.5 Å². The molecule has 0 saturated carbocycles. The van der Waals surface area contributed by atoms with E-state index in [-0.39, 0.29) is 18.0 Å². The van der Waals surface area contributed by atoms with Gasteiger partial charge in [-0.2, -0.15) is 0 Å². The van der Waals surface area contributed by atoms with E-state index < -0.39 is 5.56 Å². The number of rotatable bonds is 3. The number of hydrogen-bond donors (Lipinski definition) is 1. The zero-order valence-electron chi connectivity index (χ0n) is 13.8. The third-order valence-electron chi connectivity index (χ3n) is 4.21. The van der Waals surface area contributed by atoms with Crippen molar-refractivity contribution in [1.29, 1.82) is 0 Å². The van der Waals surface area contributed by atoms with E-state index >= 15 is 0 Å². The van der Waals surface area contributed by atoms with Crippen LogP contribution < -0.4 is 10.9 Å². The van der Waals surface area contributed by atoms with Gasteiger partial charge in [-0.1, -0.05) is 29.8 Å². The van der Waals surface area contributed by atoms with Crippen LogP contribution in [0.25, 0.3) is 22.1 Å². The van der Waals surface area contributed by atoms with Crippen LogP contribution in [0.2, 0.25) is 5.02 Å². The lowest BCUT2D eigenvalue weighted by Gasteiger charge is -2.10. The summed E-state index contributed by atoms with van der Waals surface area (Å²) in [6, 6.07) is 12.5. The first-order valence-electron chi connectivity index (χ1n) is 7.96. The van der Waals surface area contributed by atoms with Gasteiger partial charge in [0.15, 0.2) is 0 Å². The number of aromatic nitrogens is 2. The van der Waals surface area contributed by atoms with Crippen LogP contribution in [0, 0.1) is 6.92 Å². The third kappa shape index (κ3) is 2.74. The molecule has 0 unspecified atom stereocenters. The molecule has 0 aliphatic heterocycles. The minimum absolute atomic E-state index is 0.139. The highest BCUT2D eigenvalue weighted by atomic mass is 35.5. The maximum atomic E-state index is 12.6. The molecule has 2 aromatic carbocycles. The summed E-state index contributed by atoms with van der Waals surface area (Å²) in [5.41, 5.74) is 2.19. The van der Waals surface area contributed by atoms with Gasteiger partial charge in [0, 0.05) is 16.1 Å². The van der Waals surface area contributed by atoms with Crippen molar-refractivity contribution in [3.63, 3.8) is 0 Å². The molecule has 4 aromatic rings. The second kappa shape index (κ2) is 6.31. The zero-order chi connectivity index (χ0) is 18.3. The van der Waals surface area contributed by atoms with Crippen LogP contribution in [0.4, 0.5) is 5.69 Å². The van der Waals surface area contributed by atoms with Gasteiger partial charge in [-0.25, -0.2) is 4.98 Å². The summed E-state index contributed by atoms with van der Waals surface area (Å²) >= 11 is 6.06. The molecule has 2 aromatic heterocycles. The van der Waals surface area contributed by atoms with Gasteiger partial charge >= 0.3 is 0 Å². The number of hydrogen-bond acceptors (Lipinski definition) is 4. The summed E-state index contributed by atoms with van der Waals surface area (Å²) in [6.45, 7) is 1.64. The van der Waals surface area contributed by atoms with Crippen molar-refractivity contribution in [3.8, 4) is 0 Å². The van der Waals surface area contributed by atoms with Crippen LogP contribution in [-0.2, 0) is 11.3 Å². The number of nitrogens with zero attached hydrogens (tertiary/aromatic N) is 2. The van der Waals surface area contributed by atoms with E-state index in [2.05, 4.69) is 10.3 Å². The van der Waals surface area contributed by atoms with Crippen LogP contribution in [-0.4, -0.2) is 15.5 Å². The number of carbonyl (C=O) groups is 1. The van der Waals surface area contributed by atoms with Gasteiger partial charge in [-0.15, -0.1) is 0 Å². The topological polar surface area (TPSA) is 77.1 Å². The summed E-state index contributed by atoms with van der Waals surface area (Å²) in [7, 11) is 0. The summed E-state index contributed by atoms with van der Waals surface area (Å²) in [5.74, 6) is -0.352. The van der Waals surface area contributed by atoms with Gasteiger partial charge in [-0.3, -0.25) is 14.2 Å². The molecule has 0 atom stereocenters. The molecule has 130 valence electrons. The van der Waals surface area contributed by atoms with E-state index in [1.54, 1.807) is 24.3 Å². The maximum Gasteiger partial charge on any atom is 0.297 e. The first-order chi connectivity index (χ1) is 12.5. The van der Waals surface area contributed by atoms with Crippen LogP contribution >= 0.6 is 11.6 Å². The van der Waals surface area contributed by atoms with Crippen molar-refractivity contribution < 1.29 is 9.21 Å². The molecule has 7 heteroatoms. The number of amides is 1. The highest BCUT2D eigenvalue weighted by Gasteiger charge is 2.15. The van der Waals surface area contributed by atoms with Gasteiger partial charge in [0.25, 0.3) is 5.56 Å². The van der Waals surface area contributed by atoms with E-state index in [0.717, 1.165) is 10.9 Å². The number of anilines is 1. The summed E-state index contributed by atoms with van der Waals surface area (Å²) in [4.78, 5) is 29.3. The fraction of sp³-hybridized carbons (Fsp3) is 0.105. The molecule has 1 amide bonds. The average molecular weight is 368 g/mol. The Morgan fingerprint density at radius 2 is 2.04 bits per heavy atom. The van der Waals surface area contributed by atoms with Crippen LogP contribution in [0.3, 0.4) is 0 Å². The van der Waals surface area contributed by atoms with Gasteiger partial charge in [0.05, 0.1) is 6.33 Å². The van der Waals surface area contributed by atoms with E-state index in [1.165, 1.54) is 10.9 Å². The molecule has 6 nitrogen and oxygen atoms in total. The lowest BCUT2D eigenvalue weighted by Crippen LogP contribution is -2.27. The molecule has 4 rings (SSSR count). The van der Waals surface area contributed by atoms with Crippen LogP contribution in [0.1, 0.15) is 5.56 Å². The smallest absolute Gasteiger partial charge is 0.297 e. The van der Waals surface area contributed by atoms with Gasteiger partial charge in [0.2, 0.25) is 11.5 Å². The minimum Gasteiger partial charge on any atom is -0.448 e. The van der Waals surface area contributed by atoms with Gasteiger partial charge < -0.3 is 9.73 Å². The highest BCUT2D eigenvalue weighted by molar-refractivity contribution is 6.31. The van der Waals surface area contributed by atoms with E-state index in [1.807, 2.05) is 25.1 Å². The molecule has 0 aliphatic rings. The third-order valence-corrected chi connectivity index (χ3v) is 4.62. The molecule has 0 bridgehead atoms. The predicted octanol–water partition coefficient (Wildman–Crippen LogP) is 3.74. The summed E-state index contributed by atoms with van der Waals surface area (Å²) < 4.78 is 6.84. The van der Waals surface area contributed by atoms with E-state index in [4.69, 9.17) is 16.0 Å². The highest BCUT2D eigenvalue weighted by Crippen LogP contribution is 2.24. The SMILES string of the molecule is Cc1c(Cl)cccc1NC(=O)Cn1cnc2c(oc3ccccc32)c1=O. The fourth-order valence-corrected chi connectivity index (χ4v) is 2.99. The number of furan rings is 1. The fourth-order valence-electron chi connectivity index (χ4n) is 2.82. The van der Waals surface area contributed by atoms with Crippen molar-refractivity contribution in [2.24, 2.45) is 0 Å². The van der Waals surface area contributed by atoms with E-state index in [0.29, 0.717) is 21.8 Å². The standard InChI is InChI=1S/C19H14ClN3O3/c1-11-13(20)6-4-7-14(11)22-16(24)9-23-10-21-17-12-5-2-3-8-15(12)26-18(17)19(23)25/h2-8,10H,9H2,1H3,(H,22,24). The monoisotopic (exact) mass is 367 g/mol. The molecular weight excluding hydrogens is 354 g/mol. The maximum absolute atomic E-state index is 12.6. The Kier molecular flexibility index (Phi) is 3.97. The normalized spacial score (nSPS) is 11.2. The quantitative estimate of drug-likeness (QED) is 0.598. The molecule has 26 heavy (non-hydrogen) atoms. The molecular formula is C19H14ClN3O3. The lowest BCUT2D eigenvalue weighted by molar-refractivity contribution is -0.116. The summed E-state index contributed by atoms with van der Waals surface area (Å²) in [6.07, 6.45) is 1.36. The number of nitrogens with one attached hydrogen (secondary N) is 1. The number of carbonyl (C=O) groups excluding carboxylic acids is 1. The first kappa shape index (κ1) is 16.4. The number of benzene rings is 2. The van der Waals surface area contributed by atoms with Gasteiger partial charge in [-0.05, 0) is 36.8 Å². The van der Waals surface area contributed by atoms with Crippen molar-refractivity contribution in [3.05, 3.63) is 69.7 Å². The molecule has 2 heterocycles.